The smallest absolute Gasteiger partial charge is 0.0702 e. The van der Waals surface area contributed by atoms with Gasteiger partial charge in [0.25, 0.3) is 0 Å². The molecule has 2 nitrogen and oxygen atoms in total. The Balaban J connectivity index is 2.30. The second kappa shape index (κ2) is 4.83. The Morgan fingerprint density at radius 3 is 2.92 bits per heavy atom. The second-order valence-corrected chi connectivity index (χ2v) is 3.72. The van der Waals surface area contributed by atoms with Crippen molar-refractivity contribution < 1.29 is 4.74 Å². The van der Waals surface area contributed by atoms with Gasteiger partial charge in [0.2, 0.25) is 0 Å². The molecule has 0 aliphatic carbocycles. The first-order valence-corrected chi connectivity index (χ1v) is 4.89. The summed E-state index contributed by atoms with van der Waals surface area (Å²) in [4.78, 5) is 2.48. The van der Waals surface area contributed by atoms with Crippen LogP contribution in [0, 0.1) is 6.92 Å². The summed E-state index contributed by atoms with van der Waals surface area (Å²) in [6.07, 6.45) is 2.90. The molecule has 1 aliphatic rings. The van der Waals surface area contributed by atoms with Gasteiger partial charge in [-0.2, -0.15) is 0 Å². The molecule has 1 fully saturated rings. The molecular formula is C10H20NO. The summed E-state index contributed by atoms with van der Waals surface area (Å²) in [5.41, 5.74) is 0. The Morgan fingerprint density at radius 1 is 1.58 bits per heavy atom. The Labute approximate surface area is 75.9 Å². The highest BCUT2D eigenvalue weighted by molar-refractivity contribution is 4.75. The molecule has 1 aliphatic heterocycles. The minimum atomic E-state index is 0.429. The van der Waals surface area contributed by atoms with Gasteiger partial charge in [0.1, 0.15) is 0 Å². The summed E-state index contributed by atoms with van der Waals surface area (Å²) in [7, 11) is 0. The molecular weight excluding hydrogens is 150 g/mol. The van der Waals surface area contributed by atoms with E-state index >= 15 is 0 Å². The van der Waals surface area contributed by atoms with Crippen molar-refractivity contribution >= 4 is 0 Å². The molecule has 0 spiro atoms. The lowest BCUT2D eigenvalue weighted by Crippen LogP contribution is -2.43. The van der Waals surface area contributed by atoms with Crippen molar-refractivity contribution in [2.75, 3.05) is 19.7 Å². The van der Waals surface area contributed by atoms with E-state index in [1.165, 1.54) is 19.4 Å². The second-order valence-electron chi connectivity index (χ2n) is 3.72. The molecule has 12 heavy (non-hydrogen) atoms. The van der Waals surface area contributed by atoms with E-state index in [1.807, 2.05) is 0 Å². The first kappa shape index (κ1) is 10.0. The Hall–Kier alpha value is -0.0800. The molecule has 71 valence electrons. The summed E-state index contributed by atoms with van der Waals surface area (Å²) in [6, 6.07) is 0.654. The van der Waals surface area contributed by atoms with Crippen LogP contribution in [0.5, 0.6) is 0 Å². The van der Waals surface area contributed by atoms with E-state index in [2.05, 4.69) is 25.7 Å². The molecule has 0 aromatic rings. The first-order chi connectivity index (χ1) is 5.74. The maximum absolute atomic E-state index is 5.51. The number of piperidine rings is 1. The lowest BCUT2D eigenvalue weighted by molar-refractivity contribution is 0.00325. The number of hydrogen-bond donors (Lipinski definition) is 0. The fourth-order valence-corrected chi connectivity index (χ4v) is 1.74. The highest BCUT2D eigenvalue weighted by atomic mass is 16.5. The highest BCUT2D eigenvalue weighted by Gasteiger charge is 2.21. The minimum absolute atomic E-state index is 0.429. The normalized spacial score (nSPS) is 26.5. The molecule has 2 heteroatoms. The predicted molar refractivity (Wildman–Crippen MR) is 51.0 cm³/mol. The Morgan fingerprint density at radius 2 is 2.33 bits per heavy atom. The van der Waals surface area contributed by atoms with Gasteiger partial charge < -0.3 is 4.74 Å². The lowest BCUT2D eigenvalue weighted by atomic mass is 10.1. The van der Waals surface area contributed by atoms with Crippen molar-refractivity contribution in [2.45, 2.75) is 38.8 Å². The van der Waals surface area contributed by atoms with E-state index in [0.29, 0.717) is 18.8 Å². The molecule has 0 aromatic heterocycles. The average Bonchev–Trinajstić information content (AvgIpc) is 2.05. The molecule has 1 heterocycles. The molecule has 0 N–H and O–H groups in total. The molecule has 0 saturated carbocycles. The fraction of sp³-hybridized carbons (Fsp3) is 0.900. The monoisotopic (exact) mass is 170 g/mol. The number of hydrogen-bond acceptors (Lipinski definition) is 2. The minimum Gasteiger partial charge on any atom is -0.377 e. The Kier molecular flexibility index (Phi) is 4.02. The maximum Gasteiger partial charge on any atom is 0.0702 e. The van der Waals surface area contributed by atoms with Crippen molar-refractivity contribution in [2.24, 2.45) is 0 Å². The zero-order chi connectivity index (χ0) is 8.97. The van der Waals surface area contributed by atoms with Gasteiger partial charge in [-0.15, -0.1) is 0 Å². The van der Waals surface area contributed by atoms with Crippen LogP contribution in [0.25, 0.3) is 0 Å². The third-order valence-electron chi connectivity index (χ3n) is 2.49. The van der Waals surface area contributed by atoms with E-state index in [9.17, 15) is 0 Å². The van der Waals surface area contributed by atoms with Gasteiger partial charge in [0, 0.05) is 19.2 Å². The van der Waals surface area contributed by atoms with Crippen LogP contribution in [0.1, 0.15) is 26.7 Å². The van der Waals surface area contributed by atoms with Gasteiger partial charge >= 0.3 is 0 Å². The SMILES string of the molecule is [CH2]COC1CCCN(C(C)C)C1. The van der Waals surface area contributed by atoms with E-state index in [-0.39, 0.29) is 0 Å². The van der Waals surface area contributed by atoms with Gasteiger partial charge in [-0.1, -0.05) is 0 Å². The van der Waals surface area contributed by atoms with Crippen LogP contribution in [0.3, 0.4) is 0 Å². The van der Waals surface area contributed by atoms with Crippen LogP contribution in [0.15, 0.2) is 0 Å². The summed E-state index contributed by atoms with van der Waals surface area (Å²) in [5.74, 6) is 0. The molecule has 0 amide bonds. The number of nitrogens with zero attached hydrogens (tertiary/aromatic N) is 1. The number of rotatable bonds is 3. The van der Waals surface area contributed by atoms with Crippen molar-refractivity contribution in [3.63, 3.8) is 0 Å². The third kappa shape index (κ3) is 2.76. The van der Waals surface area contributed by atoms with Crippen LogP contribution in [0.2, 0.25) is 0 Å². The van der Waals surface area contributed by atoms with Crippen molar-refractivity contribution in [1.82, 2.24) is 4.90 Å². The molecule has 0 aromatic carbocycles. The van der Waals surface area contributed by atoms with E-state index < -0.39 is 0 Å². The zero-order valence-electron chi connectivity index (χ0n) is 8.25. The first-order valence-electron chi connectivity index (χ1n) is 4.89. The van der Waals surface area contributed by atoms with Crippen molar-refractivity contribution in [3.05, 3.63) is 6.92 Å². The van der Waals surface area contributed by atoms with Crippen molar-refractivity contribution in [1.29, 1.82) is 0 Å². The van der Waals surface area contributed by atoms with Crippen LogP contribution in [-0.2, 0) is 4.74 Å². The van der Waals surface area contributed by atoms with Crippen LogP contribution < -0.4 is 0 Å². The van der Waals surface area contributed by atoms with Gasteiger partial charge in [0.05, 0.1) is 6.10 Å². The molecule has 1 atom stereocenters. The predicted octanol–water partition coefficient (Wildman–Crippen LogP) is 1.71. The van der Waals surface area contributed by atoms with Crippen LogP contribution in [-0.4, -0.2) is 36.7 Å². The van der Waals surface area contributed by atoms with Gasteiger partial charge in [-0.25, -0.2) is 0 Å². The van der Waals surface area contributed by atoms with Gasteiger partial charge in [-0.3, -0.25) is 4.90 Å². The van der Waals surface area contributed by atoms with E-state index in [0.717, 1.165) is 6.54 Å². The third-order valence-corrected chi connectivity index (χ3v) is 2.49. The quantitative estimate of drug-likeness (QED) is 0.639. The molecule has 1 unspecified atom stereocenters. The molecule has 0 bridgehead atoms. The molecule has 1 rings (SSSR count). The summed E-state index contributed by atoms with van der Waals surface area (Å²) in [5, 5.41) is 0. The summed E-state index contributed by atoms with van der Waals surface area (Å²) >= 11 is 0. The highest BCUT2D eigenvalue weighted by Crippen LogP contribution is 2.14. The Bertz CT molecular complexity index is 123. The van der Waals surface area contributed by atoms with E-state index in [4.69, 9.17) is 4.74 Å². The molecule has 1 saturated heterocycles. The average molecular weight is 170 g/mol. The largest absolute Gasteiger partial charge is 0.377 e. The topological polar surface area (TPSA) is 12.5 Å². The number of likely N-dealkylation sites (tertiary alicyclic amines) is 1. The number of ether oxygens (including phenoxy) is 1. The zero-order valence-corrected chi connectivity index (χ0v) is 8.25. The standard InChI is InChI=1S/C10H20NO/c1-4-12-10-6-5-7-11(8-10)9(2)3/h9-10H,1,4-8H2,2-3H3. The van der Waals surface area contributed by atoms with Gasteiger partial charge in [-0.05, 0) is 40.2 Å². The summed E-state index contributed by atoms with van der Waals surface area (Å²) in [6.45, 7) is 11.1. The lowest BCUT2D eigenvalue weighted by Gasteiger charge is -2.35. The molecule has 1 radical (unpaired) electrons. The van der Waals surface area contributed by atoms with Crippen LogP contribution >= 0.6 is 0 Å². The van der Waals surface area contributed by atoms with E-state index in [1.54, 1.807) is 0 Å². The fourth-order valence-electron chi connectivity index (χ4n) is 1.74. The summed E-state index contributed by atoms with van der Waals surface area (Å²) < 4.78 is 5.51. The maximum atomic E-state index is 5.51. The van der Waals surface area contributed by atoms with Gasteiger partial charge in [0.15, 0.2) is 0 Å². The van der Waals surface area contributed by atoms with Crippen molar-refractivity contribution in [3.8, 4) is 0 Å². The van der Waals surface area contributed by atoms with Crippen LogP contribution in [0.4, 0.5) is 0 Å².